The Hall–Kier alpha value is -3.68. The van der Waals surface area contributed by atoms with Gasteiger partial charge in [0, 0.05) is 25.8 Å². The van der Waals surface area contributed by atoms with Gasteiger partial charge in [-0.3, -0.25) is 13.9 Å². The Balaban J connectivity index is 1.70. The molecule has 8 heteroatoms. The van der Waals surface area contributed by atoms with Crippen molar-refractivity contribution in [3.8, 4) is 0 Å². The van der Waals surface area contributed by atoms with Crippen LogP contribution in [0, 0.1) is 18.7 Å². The molecule has 2 aromatic heterocycles. The molecule has 0 unspecified atom stereocenters. The van der Waals surface area contributed by atoms with Gasteiger partial charge in [-0.15, -0.1) is 0 Å². The molecule has 0 fully saturated rings. The molecule has 5 rings (SSSR count). The second kappa shape index (κ2) is 7.47. The molecular formula is C24H24FN5O2. The number of aryl methyl sites for hydroxylation is 2. The number of aromatic nitrogens is 4. The van der Waals surface area contributed by atoms with Gasteiger partial charge in [0.1, 0.15) is 5.82 Å². The van der Waals surface area contributed by atoms with E-state index in [0.717, 1.165) is 12.2 Å². The first kappa shape index (κ1) is 20.2. The lowest BCUT2D eigenvalue weighted by Crippen LogP contribution is -2.40. The van der Waals surface area contributed by atoms with Crippen molar-refractivity contribution in [3.63, 3.8) is 0 Å². The first-order chi connectivity index (χ1) is 15.3. The Kier molecular flexibility index (Phi) is 4.73. The Morgan fingerprint density at radius 2 is 1.72 bits per heavy atom. The van der Waals surface area contributed by atoms with E-state index in [4.69, 9.17) is 4.98 Å². The van der Waals surface area contributed by atoms with Crippen LogP contribution in [0.4, 0.5) is 16.0 Å². The number of rotatable bonds is 3. The van der Waals surface area contributed by atoms with Crippen LogP contribution in [0.25, 0.3) is 11.2 Å². The summed E-state index contributed by atoms with van der Waals surface area (Å²) in [6.07, 6.45) is 0. The number of hydrogen-bond acceptors (Lipinski definition) is 4. The SMILES string of the molecule is Cc1ccc(N2C[C@H](C)Cn3c2nc2c3c(=O)n(Cc3ccc(F)cc3)c(=O)n2C)cc1. The van der Waals surface area contributed by atoms with Crippen LogP contribution in [-0.4, -0.2) is 25.2 Å². The molecule has 164 valence electrons. The molecular weight excluding hydrogens is 409 g/mol. The van der Waals surface area contributed by atoms with Crippen LogP contribution in [0.2, 0.25) is 0 Å². The van der Waals surface area contributed by atoms with Crippen molar-refractivity contribution in [1.29, 1.82) is 0 Å². The second-order valence-corrected chi connectivity index (χ2v) is 8.61. The lowest BCUT2D eigenvalue weighted by Gasteiger charge is -2.33. The summed E-state index contributed by atoms with van der Waals surface area (Å²) in [7, 11) is 1.63. The highest BCUT2D eigenvalue weighted by Gasteiger charge is 2.29. The van der Waals surface area contributed by atoms with Crippen molar-refractivity contribution in [1.82, 2.24) is 18.7 Å². The molecule has 0 amide bonds. The molecule has 1 atom stereocenters. The average Bonchev–Trinajstić information content (AvgIpc) is 3.16. The normalized spacial score (nSPS) is 15.9. The third kappa shape index (κ3) is 3.23. The molecule has 0 spiro atoms. The van der Waals surface area contributed by atoms with Gasteiger partial charge in [0.25, 0.3) is 5.56 Å². The van der Waals surface area contributed by atoms with E-state index in [-0.39, 0.29) is 23.8 Å². The molecule has 1 aliphatic rings. The second-order valence-electron chi connectivity index (χ2n) is 8.61. The maximum Gasteiger partial charge on any atom is 0.332 e. The molecule has 32 heavy (non-hydrogen) atoms. The summed E-state index contributed by atoms with van der Waals surface area (Å²) in [5.74, 6) is 0.580. The molecule has 0 radical (unpaired) electrons. The minimum Gasteiger partial charge on any atom is -0.312 e. The molecule has 1 aliphatic heterocycles. The fraction of sp³-hybridized carbons (Fsp3) is 0.292. The topological polar surface area (TPSA) is 65.1 Å². The zero-order chi connectivity index (χ0) is 22.6. The number of fused-ring (bicyclic) bond motifs is 3. The van der Waals surface area contributed by atoms with Gasteiger partial charge in [-0.25, -0.2) is 9.18 Å². The van der Waals surface area contributed by atoms with Gasteiger partial charge < -0.3 is 9.47 Å². The average molecular weight is 433 g/mol. The van der Waals surface area contributed by atoms with Crippen LogP contribution in [0.3, 0.4) is 0 Å². The Morgan fingerprint density at radius 1 is 1.03 bits per heavy atom. The van der Waals surface area contributed by atoms with Gasteiger partial charge in [-0.1, -0.05) is 36.8 Å². The highest BCUT2D eigenvalue weighted by Crippen LogP contribution is 2.32. The molecule has 0 N–H and O–H groups in total. The van der Waals surface area contributed by atoms with Crippen LogP contribution < -0.4 is 16.1 Å². The monoisotopic (exact) mass is 433 g/mol. The Labute approximate surface area is 184 Å². The molecule has 2 aromatic carbocycles. The van der Waals surface area contributed by atoms with E-state index in [0.29, 0.717) is 29.2 Å². The van der Waals surface area contributed by atoms with Gasteiger partial charge >= 0.3 is 5.69 Å². The summed E-state index contributed by atoms with van der Waals surface area (Å²) in [6.45, 7) is 5.65. The van der Waals surface area contributed by atoms with Gasteiger partial charge in [0.2, 0.25) is 5.95 Å². The van der Waals surface area contributed by atoms with Gasteiger partial charge in [-0.05, 0) is 42.7 Å². The molecule has 0 aliphatic carbocycles. The fourth-order valence-corrected chi connectivity index (χ4v) is 4.36. The van der Waals surface area contributed by atoms with E-state index in [2.05, 4.69) is 11.8 Å². The quantitative estimate of drug-likeness (QED) is 0.498. The zero-order valence-electron chi connectivity index (χ0n) is 18.2. The molecule has 4 aromatic rings. The third-order valence-electron chi connectivity index (χ3n) is 6.04. The number of hydrogen-bond donors (Lipinski definition) is 0. The maximum atomic E-state index is 13.5. The van der Waals surface area contributed by atoms with Crippen LogP contribution in [0.5, 0.6) is 0 Å². The maximum absolute atomic E-state index is 13.5. The van der Waals surface area contributed by atoms with Crippen molar-refractivity contribution >= 4 is 22.8 Å². The van der Waals surface area contributed by atoms with Crippen LogP contribution in [0.1, 0.15) is 18.1 Å². The first-order valence-corrected chi connectivity index (χ1v) is 10.6. The highest BCUT2D eigenvalue weighted by molar-refractivity contribution is 5.77. The van der Waals surface area contributed by atoms with Crippen LogP contribution in [-0.2, 0) is 20.1 Å². The van der Waals surface area contributed by atoms with Crippen molar-refractivity contribution in [2.24, 2.45) is 13.0 Å². The van der Waals surface area contributed by atoms with Gasteiger partial charge in [-0.2, -0.15) is 4.98 Å². The number of nitrogens with zero attached hydrogens (tertiary/aromatic N) is 5. The van der Waals surface area contributed by atoms with E-state index in [9.17, 15) is 14.0 Å². The number of halogens is 1. The van der Waals surface area contributed by atoms with E-state index >= 15 is 0 Å². The summed E-state index contributed by atoms with van der Waals surface area (Å²) >= 11 is 0. The number of benzene rings is 2. The number of imidazole rings is 1. The minimum atomic E-state index is -0.447. The molecule has 0 saturated heterocycles. The Morgan fingerprint density at radius 3 is 2.41 bits per heavy atom. The smallest absolute Gasteiger partial charge is 0.312 e. The lowest BCUT2D eigenvalue weighted by atomic mass is 10.1. The number of anilines is 2. The predicted molar refractivity (Wildman–Crippen MR) is 122 cm³/mol. The lowest BCUT2D eigenvalue weighted by molar-refractivity contribution is 0.458. The van der Waals surface area contributed by atoms with Crippen molar-refractivity contribution in [2.45, 2.75) is 26.9 Å². The van der Waals surface area contributed by atoms with E-state index in [1.54, 1.807) is 19.2 Å². The Bertz CT molecular complexity index is 1430. The summed E-state index contributed by atoms with van der Waals surface area (Å²) in [6, 6.07) is 14.0. The molecule has 0 bridgehead atoms. The minimum absolute atomic E-state index is 0.0689. The largest absolute Gasteiger partial charge is 0.332 e. The van der Waals surface area contributed by atoms with E-state index < -0.39 is 5.69 Å². The fourth-order valence-electron chi connectivity index (χ4n) is 4.36. The standard InChI is InChI=1S/C24H24FN5O2/c1-15-4-10-19(11-5-15)28-12-16(2)13-29-20-21(26-23(28)29)27(3)24(32)30(22(20)31)14-17-6-8-18(25)9-7-17/h4-11,16H,12-14H2,1-3H3/t16-/m0/s1. The van der Waals surface area contributed by atoms with Crippen molar-refractivity contribution in [2.75, 3.05) is 11.4 Å². The highest BCUT2D eigenvalue weighted by atomic mass is 19.1. The van der Waals surface area contributed by atoms with Crippen LogP contribution >= 0.6 is 0 Å². The van der Waals surface area contributed by atoms with Gasteiger partial charge in [0.05, 0.1) is 6.54 Å². The third-order valence-corrected chi connectivity index (χ3v) is 6.04. The first-order valence-electron chi connectivity index (χ1n) is 10.6. The molecule has 0 saturated carbocycles. The molecule has 7 nitrogen and oxygen atoms in total. The molecule has 3 heterocycles. The summed E-state index contributed by atoms with van der Waals surface area (Å²) in [4.78, 5) is 33.4. The summed E-state index contributed by atoms with van der Waals surface area (Å²) in [5, 5.41) is 0. The van der Waals surface area contributed by atoms with E-state index in [1.807, 2.05) is 35.8 Å². The predicted octanol–water partition coefficient (Wildman–Crippen LogP) is 3.18. The van der Waals surface area contributed by atoms with Crippen LogP contribution in [0.15, 0.2) is 58.1 Å². The summed E-state index contributed by atoms with van der Waals surface area (Å²) in [5.41, 5.74) is 2.79. The summed E-state index contributed by atoms with van der Waals surface area (Å²) < 4.78 is 17.8. The van der Waals surface area contributed by atoms with Crippen molar-refractivity contribution < 1.29 is 4.39 Å². The van der Waals surface area contributed by atoms with Gasteiger partial charge in [0.15, 0.2) is 11.2 Å². The zero-order valence-corrected chi connectivity index (χ0v) is 18.2. The van der Waals surface area contributed by atoms with E-state index in [1.165, 1.54) is 26.8 Å². The van der Waals surface area contributed by atoms with Crippen molar-refractivity contribution in [3.05, 3.63) is 86.3 Å².